The Morgan fingerprint density at radius 1 is 1.79 bits per heavy atom. The first-order valence-corrected chi connectivity index (χ1v) is 5.71. The number of halogens is 1. The van der Waals surface area contributed by atoms with Gasteiger partial charge in [-0.3, -0.25) is 9.63 Å². The molecule has 1 atom stereocenters. The minimum absolute atomic E-state index is 0.189. The summed E-state index contributed by atoms with van der Waals surface area (Å²) in [7, 11) is 0. The molecule has 1 unspecified atom stereocenters. The molecule has 0 bridgehead atoms. The highest BCUT2D eigenvalue weighted by atomic mass is 79.9. The molecule has 1 aromatic rings. The van der Waals surface area contributed by atoms with Crippen LogP contribution < -0.4 is 0 Å². The molecule has 1 aliphatic heterocycles. The third-order valence-corrected chi connectivity index (χ3v) is 3.66. The Morgan fingerprint density at radius 2 is 2.57 bits per heavy atom. The molecule has 0 spiro atoms. The number of hydroxylamine groups is 2. The fourth-order valence-electron chi connectivity index (χ4n) is 1.17. The third kappa shape index (κ3) is 1.83. The van der Waals surface area contributed by atoms with E-state index in [1.807, 2.05) is 11.4 Å². The number of carbonyl (C=O) groups is 1. The minimum atomic E-state index is -0.572. The maximum atomic E-state index is 11.7. The molecular formula is C8H8BrNO3S. The van der Waals surface area contributed by atoms with Crippen LogP contribution in [0, 0.1) is 0 Å². The van der Waals surface area contributed by atoms with Gasteiger partial charge in [-0.25, -0.2) is 5.06 Å². The zero-order valence-corrected chi connectivity index (χ0v) is 9.55. The number of nitrogens with zero attached hydrogens (tertiary/aromatic N) is 1. The van der Waals surface area contributed by atoms with Crippen molar-refractivity contribution < 1.29 is 14.7 Å². The number of aliphatic hydroxyl groups excluding tert-OH is 1. The molecule has 2 heterocycles. The molecule has 1 aromatic heterocycles. The monoisotopic (exact) mass is 277 g/mol. The van der Waals surface area contributed by atoms with E-state index >= 15 is 0 Å². The van der Waals surface area contributed by atoms with E-state index in [1.54, 1.807) is 0 Å². The van der Waals surface area contributed by atoms with E-state index in [1.165, 1.54) is 16.4 Å². The number of hydrogen-bond acceptors (Lipinski definition) is 4. The molecular weight excluding hydrogens is 270 g/mol. The van der Waals surface area contributed by atoms with Gasteiger partial charge in [0.1, 0.15) is 17.6 Å². The van der Waals surface area contributed by atoms with Gasteiger partial charge in [0.2, 0.25) is 0 Å². The lowest BCUT2D eigenvalue weighted by Crippen LogP contribution is -2.27. The Morgan fingerprint density at radius 3 is 3.07 bits per heavy atom. The van der Waals surface area contributed by atoms with Gasteiger partial charge in [-0.1, -0.05) is 0 Å². The van der Waals surface area contributed by atoms with Crippen LogP contribution in [0.5, 0.6) is 0 Å². The van der Waals surface area contributed by atoms with Crippen LogP contribution in [-0.2, 0) is 4.84 Å². The number of hydrogen-bond donors (Lipinski definition) is 1. The second-order valence-electron chi connectivity index (χ2n) is 2.91. The number of β-amino-alcohol motifs (C(OH)–C–C–N with tert-alkyl or cyclic N) is 1. The topological polar surface area (TPSA) is 49.8 Å². The van der Waals surface area contributed by atoms with Crippen molar-refractivity contribution in [1.82, 2.24) is 5.06 Å². The molecule has 6 heteroatoms. The van der Waals surface area contributed by atoms with E-state index < -0.39 is 6.10 Å². The van der Waals surface area contributed by atoms with E-state index in [4.69, 9.17) is 4.84 Å². The molecule has 1 aliphatic rings. The molecule has 76 valence electrons. The summed E-state index contributed by atoms with van der Waals surface area (Å²) in [4.78, 5) is 17.4. The van der Waals surface area contributed by atoms with Gasteiger partial charge in [-0.2, -0.15) is 0 Å². The minimum Gasteiger partial charge on any atom is -0.389 e. The summed E-state index contributed by atoms with van der Waals surface area (Å²) in [5.41, 5.74) is 0. The SMILES string of the molecule is O=C(c1sccc1Br)N1CC(O)CO1. The third-order valence-electron chi connectivity index (χ3n) is 1.84. The summed E-state index contributed by atoms with van der Waals surface area (Å²) in [5, 5.41) is 12.2. The zero-order chi connectivity index (χ0) is 10.1. The lowest BCUT2D eigenvalue weighted by molar-refractivity contribution is -0.0777. The first kappa shape index (κ1) is 10.1. The van der Waals surface area contributed by atoms with E-state index in [-0.39, 0.29) is 19.1 Å². The summed E-state index contributed by atoms with van der Waals surface area (Å²) < 4.78 is 0.762. The van der Waals surface area contributed by atoms with E-state index in [2.05, 4.69) is 15.9 Å². The van der Waals surface area contributed by atoms with Gasteiger partial charge in [0.05, 0.1) is 6.54 Å². The number of aliphatic hydroxyl groups is 1. The van der Waals surface area contributed by atoms with Gasteiger partial charge in [0, 0.05) is 4.47 Å². The van der Waals surface area contributed by atoms with Crippen LogP contribution in [0.4, 0.5) is 0 Å². The molecule has 0 aliphatic carbocycles. The molecule has 4 nitrogen and oxygen atoms in total. The van der Waals surface area contributed by atoms with Crippen molar-refractivity contribution in [2.45, 2.75) is 6.10 Å². The van der Waals surface area contributed by atoms with Gasteiger partial charge in [0.25, 0.3) is 5.91 Å². The molecule has 0 radical (unpaired) electrons. The molecule has 0 aromatic carbocycles. The number of thiophene rings is 1. The summed E-state index contributed by atoms with van der Waals surface area (Å²) in [6, 6.07) is 1.81. The van der Waals surface area contributed by atoms with Gasteiger partial charge in [0.15, 0.2) is 0 Å². The van der Waals surface area contributed by atoms with Crippen LogP contribution in [0.3, 0.4) is 0 Å². The van der Waals surface area contributed by atoms with Crippen LogP contribution in [0.2, 0.25) is 0 Å². The van der Waals surface area contributed by atoms with Crippen molar-refractivity contribution in [2.75, 3.05) is 13.2 Å². The highest BCUT2D eigenvalue weighted by Crippen LogP contribution is 2.25. The Hall–Kier alpha value is -0.430. The number of carbonyl (C=O) groups excluding carboxylic acids is 1. The maximum Gasteiger partial charge on any atom is 0.288 e. The van der Waals surface area contributed by atoms with Crippen molar-refractivity contribution in [3.05, 3.63) is 20.8 Å². The molecule has 1 N–H and O–H groups in total. The average Bonchev–Trinajstić information content (AvgIpc) is 2.73. The standard InChI is InChI=1S/C8H8BrNO3S/c9-6-1-2-14-7(6)8(12)10-3-5(11)4-13-10/h1-2,5,11H,3-4H2. The van der Waals surface area contributed by atoms with Crippen molar-refractivity contribution in [2.24, 2.45) is 0 Å². The molecule has 14 heavy (non-hydrogen) atoms. The Balaban J connectivity index is 2.13. The van der Waals surface area contributed by atoms with Crippen molar-refractivity contribution in [1.29, 1.82) is 0 Å². The van der Waals surface area contributed by atoms with E-state index in [0.717, 1.165) is 4.47 Å². The van der Waals surface area contributed by atoms with Crippen LogP contribution in [0.1, 0.15) is 9.67 Å². The first-order valence-electron chi connectivity index (χ1n) is 4.04. The normalized spacial score (nSPS) is 21.6. The van der Waals surface area contributed by atoms with Crippen LogP contribution in [0.25, 0.3) is 0 Å². The second kappa shape index (κ2) is 3.98. The van der Waals surface area contributed by atoms with E-state index in [9.17, 15) is 9.90 Å². The molecule has 1 saturated heterocycles. The first-order chi connectivity index (χ1) is 6.68. The van der Waals surface area contributed by atoms with Crippen LogP contribution in [-0.4, -0.2) is 35.3 Å². The predicted molar refractivity (Wildman–Crippen MR) is 55.0 cm³/mol. The lowest BCUT2D eigenvalue weighted by Gasteiger charge is -2.12. The molecule has 2 rings (SSSR count). The number of amides is 1. The van der Waals surface area contributed by atoms with Crippen LogP contribution in [0.15, 0.2) is 15.9 Å². The molecule has 1 amide bonds. The van der Waals surface area contributed by atoms with E-state index in [0.29, 0.717) is 4.88 Å². The second-order valence-corrected chi connectivity index (χ2v) is 4.68. The number of rotatable bonds is 1. The lowest BCUT2D eigenvalue weighted by atomic mass is 10.4. The van der Waals surface area contributed by atoms with Gasteiger partial charge in [-0.15, -0.1) is 11.3 Å². The Labute approximate surface area is 93.2 Å². The predicted octanol–water partition coefficient (Wildman–Crippen LogP) is 1.26. The smallest absolute Gasteiger partial charge is 0.288 e. The van der Waals surface area contributed by atoms with Crippen LogP contribution >= 0.6 is 27.3 Å². The van der Waals surface area contributed by atoms with Gasteiger partial charge < -0.3 is 5.11 Å². The fraction of sp³-hybridized carbons (Fsp3) is 0.375. The van der Waals surface area contributed by atoms with Crippen molar-refractivity contribution >= 4 is 33.2 Å². The maximum absolute atomic E-state index is 11.7. The summed E-state index contributed by atoms with van der Waals surface area (Å²) in [6.07, 6.45) is -0.572. The van der Waals surface area contributed by atoms with Crippen molar-refractivity contribution in [3.8, 4) is 0 Å². The highest BCUT2D eigenvalue weighted by molar-refractivity contribution is 9.10. The summed E-state index contributed by atoms with van der Waals surface area (Å²) in [6.45, 7) is 0.428. The van der Waals surface area contributed by atoms with Crippen molar-refractivity contribution in [3.63, 3.8) is 0 Å². The summed E-state index contributed by atoms with van der Waals surface area (Å²) >= 11 is 4.62. The summed E-state index contributed by atoms with van der Waals surface area (Å²) in [5.74, 6) is -0.205. The van der Waals surface area contributed by atoms with Gasteiger partial charge in [-0.05, 0) is 27.4 Å². The fourth-order valence-corrected chi connectivity index (χ4v) is 2.65. The zero-order valence-electron chi connectivity index (χ0n) is 7.14. The quantitative estimate of drug-likeness (QED) is 0.841. The van der Waals surface area contributed by atoms with Gasteiger partial charge >= 0.3 is 0 Å². The highest BCUT2D eigenvalue weighted by Gasteiger charge is 2.28. The Bertz CT molecular complexity index is 354. The molecule has 0 saturated carbocycles. The molecule has 1 fully saturated rings. The Kier molecular flexibility index (Phi) is 2.87. The largest absolute Gasteiger partial charge is 0.389 e. The average molecular weight is 278 g/mol.